The molecule has 1 aromatic heterocycles. The fraction of sp³-hybridized carbons (Fsp3) is 0.250. The standard InChI is InChI=1S/C20H22N4O/c1-3-7-18(25)24-20(21-14-16-8-5-4-6-9-16)22-19(23-24)17-12-10-15(2)11-13-17/h4-6,8-13H,3,7,14H2,1-2H3,(H,21,22,23). The van der Waals surface area contributed by atoms with Crippen molar-refractivity contribution in [1.29, 1.82) is 0 Å². The summed E-state index contributed by atoms with van der Waals surface area (Å²) in [5, 5.41) is 7.67. The molecule has 0 aliphatic carbocycles. The van der Waals surface area contributed by atoms with Crippen LogP contribution < -0.4 is 5.32 Å². The minimum Gasteiger partial charge on any atom is -0.350 e. The smallest absolute Gasteiger partial charge is 0.250 e. The van der Waals surface area contributed by atoms with Gasteiger partial charge in [-0.15, -0.1) is 5.10 Å². The third kappa shape index (κ3) is 4.12. The summed E-state index contributed by atoms with van der Waals surface area (Å²) in [6, 6.07) is 18.0. The summed E-state index contributed by atoms with van der Waals surface area (Å²) in [6.07, 6.45) is 1.22. The van der Waals surface area contributed by atoms with Gasteiger partial charge in [0.15, 0.2) is 5.82 Å². The lowest BCUT2D eigenvalue weighted by Gasteiger charge is -2.06. The highest BCUT2D eigenvalue weighted by Gasteiger charge is 2.16. The molecule has 0 fully saturated rings. The van der Waals surface area contributed by atoms with Crippen LogP contribution in [0, 0.1) is 6.92 Å². The second kappa shape index (κ2) is 7.75. The largest absolute Gasteiger partial charge is 0.350 e. The van der Waals surface area contributed by atoms with Crippen LogP contribution in [0.25, 0.3) is 11.4 Å². The van der Waals surface area contributed by atoms with Gasteiger partial charge in [0.25, 0.3) is 0 Å². The first kappa shape index (κ1) is 16.9. The SMILES string of the molecule is CCCC(=O)n1nc(-c2ccc(C)cc2)nc1NCc1ccccc1. The van der Waals surface area contributed by atoms with Crippen LogP contribution in [0.15, 0.2) is 54.6 Å². The number of carbonyl (C=O) groups excluding carboxylic acids is 1. The number of benzene rings is 2. The summed E-state index contributed by atoms with van der Waals surface area (Å²) in [7, 11) is 0. The van der Waals surface area contributed by atoms with E-state index in [4.69, 9.17) is 0 Å². The van der Waals surface area contributed by atoms with Crippen molar-refractivity contribution in [2.75, 3.05) is 5.32 Å². The van der Waals surface area contributed by atoms with Crippen molar-refractivity contribution >= 4 is 11.9 Å². The Morgan fingerprint density at radius 2 is 1.80 bits per heavy atom. The molecule has 0 radical (unpaired) electrons. The Morgan fingerprint density at radius 3 is 2.48 bits per heavy atom. The quantitative estimate of drug-likeness (QED) is 0.730. The van der Waals surface area contributed by atoms with Crippen molar-refractivity contribution in [3.05, 3.63) is 65.7 Å². The van der Waals surface area contributed by atoms with Crippen LogP contribution in [0.5, 0.6) is 0 Å². The number of hydrogen-bond acceptors (Lipinski definition) is 4. The molecule has 3 rings (SSSR count). The molecule has 0 aliphatic rings. The molecule has 128 valence electrons. The first-order chi connectivity index (χ1) is 12.2. The maximum atomic E-state index is 12.4. The second-order valence-electron chi connectivity index (χ2n) is 6.02. The van der Waals surface area contributed by atoms with Gasteiger partial charge < -0.3 is 5.32 Å². The zero-order valence-corrected chi connectivity index (χ0v) is 14.6. The van der Waals surface area contributed by atoms with E-state index in [9.17, 15) is 4.79 Å². The second-order valence-corrected chi connectivity index (χ2v) is 6.02. The van der Waals surface area contributed by atoms with Crippen LogP contribution in [0.4, 0.5) is 5.95 Å². The molecule has 5 nitrogen and oxygen atoms in total. The highest BCUT2D eigenvalue weighted by Crippen LogP contribution is 2.19. The summed E-state index contributed by atoms with van der Waals surface area (Å²) >= 11 is 0. The third-order valence-electron chi connectivity index (χ3n) is 3.91. The average Bonchev–Trinajstić information content (AvgIpc) is 3.06. The zero-order valence-electron chi connectivity index (χ0n) is 14.6. The van der Waals surface area contributed by atoms with E-state index < -0.39 is 0 Å². The number of carbonyl (C=O) groups is 1. The molecule has 1 N–H and O–H groups in total. The van der Waals surface area contributed by atoms with Crippen molar-refractivity contribution < 1.29 is 4.79 Å². The van der Waals surface area contributed by atoms with Gasteiger partial charge in [0.2, 0.25) is 11.9 Å². The van der Waals surface area contributed by atoms with Crippen molar-refractivity contribution in [3.8, 4) is 11.4 Å². The minimum absolute atomic E-state index is 0.0519. The van der Waals surface area contributed by atoms with Crippen LogP contribution >= 0.6 is 0 Å². The lowest BCUT2D eigenvalue weighted by atomic mass is 10.1. The van der Waals surface area contributed by atoms with E-state index >= 15 is 0 Å². The van der Waals surface area contributed by atoms with Gasteiger partial charge in [0.1, 0.15) is 0 Å². The molecule has 0 bridgehead atoms. The molecule has 0 unspecified atom stereocenters. The van der Waals surface area contributed by atoms with E-state index in [2.05, 4.69) is 15.4 Å². The van der Waals surface area contributed by atoms with Crippen LogP contribution in [0.1, 0.15) is 35.7 Å². The molecule has 3 aromatic rings. The van der Waals surface area contributed by atoms with Gasteiger partial charge >= 0.3 is 0 Å². The summed E-state index contributed by atoms with van der Waals surface area (Å²) in [6.45, 7) is 4.60. The fourth-order valence-electron chi connectivity index (χ4n) is 2.52. The molecular weight excluding hydrogens is 312 g/mol. The summed E-state index contributed by atoms with van der Waals surface area (Å²) in [4.78, 5) is 16.9. The molecule has 0 saturated heterocycles. The first-order valence-electron chi connectivity index (χ1n) is 8.52. The summed E-state index contributed by atoms with van der Waals surface area (Å²) < 4.78 is 1.39. The number of hydrogen-bond donors (Lipinski definition) is 1. The normalized spacial score (nSPS) is 10.6. The van der Waals surface area contributed by atoms with E-state index in [0.717, 1.165) is 17.5 Å². The number of aryl methyl sites for hydroxylation is 1. The van der Waals surface area contributed by atoms with E-state index in [1.165, 1.54) is 10.2 Å². The Labute approximate surface area is 147 Å². The number of nitrogens with one attached hydrogen (secondary N) is 1. The average molecular weight is 334 g/mol. The number of anilines is 1. The highest BCUT2D eigenvalue weighted by atomic mass is 16.2. The highest BCUT2D eigenvalue weighted by molar-refractivity contribution is 5.81. The molecule has 25 heavy (non-hydrogen) atoms. The van der Waals surface area contributed by atoms with Crippen LogP contribution in [0.3, 0.4) is 0 Å². The van der Waals surface area contributed by atoms with E-state index in [0.29, 0.717) is 24.7 Å². The van der Waals surface area contributed by atoms with Crippen molar-refractivity contribution in [3.63, 3.8) is 0 Å². The van der Waals surface area contributed by atoms with Gasteiger partial charge in [-0.3, -0.25) is 4.79 Å². The monoisotopic (exact) mass is 334 g/mol. The Kier molecular flexibility index (Phi) is 5.23. The third-order valence-corrected chi connectivity index (χ3v) is 3.91. The Morgan fingerprint density at radius 1 is 1.08 bits per heavy atom. The maximum Gasteiger partial charge on any atom is 0.250 e. The van der Waals surface area contributed by atoms with Gasteiger partial charge in [-0.25, -0.2) is 0 Å². The van der Waals surface area contributed by atoms with E-state index in [1.54, 1.807) is 0 Å². The maximum absolute atomic E-state index is 12.4. The summed E-state index contributed by atoms with van der Waals surface area (Å²) in [5.74, 6) is 0.988. The molecule has 2 aromatic carbocycles. The fourth-order valence-corrected chi connectivity index (χ4v) is 2.52. The van der Waals surface area contributed by atoms with E-state index in [1.807, 2.05) is 68.4 Å². The van der Waals surface area contributed by atoms with Gasteiger partial charge in [-0.1, -0.05) is 67.1 Å². The number of rotatable bonds is 6. The van der Waals surface area contributed by atoms with Crippen LogP contribution in [0.2, 0.25) is 0 Å². The van der Waals surface area contributed by atoms with Gasteiger partial charge in [0.05, 0.1) is 0 Å². The van der Waals surface area contributed by atoms with Gasteiger partial charge in [0, 0.05) is 18.5 Å². The Hall–Kier alpha value is -2.95. The van der Waals surface area contributed by atoms with Crippen molar-refractivity contribution in [2.45, 2.75) is 33.2 Å². The molecule has 5 heteroatoms. The molecule has 0 saturated carbocycles. The van der Waals surface area contributed by atoms with Crippen LogP contribution in [-0.4, -0.2) is 20.7 Å². The Balaban J connectivity index is 1.88. The molecule has 0 aliphatic heterocycles. The lowest BCUT2D eigenvalue weighted by Crippen LogP contribution is -2.16. The minimum atomic E-state index is -0.0519. The van der Waals surface area contributed by atoms with Gasteiger partial charge in [-0.2, -0.15) is 9.67 Å². The van der Waals surface area contributed by atoms with Crippen LogP contribution in [-0.2, 0) is 6.54 Å². The van der Waals surface area contributed by atoms with E-state index in [-0.39, 0.29) is 5.91 Å². The zero-order chi connectivity index (χ0) is 17.6. The molecule has 0 amide bonds. The predicted octanol–water partition coefficient (Wildman–Crippen LogP) is 4.31. The molecular formula is C20H22N4O. The summed E-state index contributed by atoms with van der Waals surface area (Å²) in [5.41, 5.74) is 3.20. The Bertz CT molecular complexity index is 838. The van der Waals surface area contributed by atoms with Crippen molar-refractivity contribution in [1.82, 2.24) is 14.8 Å². The molecule has 0 spiro atoms. The molecule has 1 heterocycles. The number of aromatic nitrogens is 3. The molecule has 0 atom stereocenters. The topological polar surface area (TPSA) is 59.8 Å². The number of nitrogens with zero attached hydrogens (tertiary/aromatic N) is 3. The first-order valence-corrected chi connectivity index (χ1v) is 8.52. The van der Waals surface area contributed by atoms with Crippen molar-refractivity contribution in [2.24, 2.45) is 0 Å². The lowest BCUT2D eigenvalue weighted by molar-refractivity contribution is 0.0888. The predicted molar refractivity (Wildman–Crippen MR) is 99.5 cm³/mol. The van der Waals surface area contributed by atoms with Gasteiger partial charge in [-0.05, 0) is 18.9 Å².